The number of hydrogen-bond acceptors (Lipinski definition) is 1. The topological polar surface area (TPSA) is 29.1 Å². The Morgan fingerprint density at radius 3 is 2.37 bits per heavy atom. The van der Waals surface area contributed by atoms with E-state index in [1.807, 2.05) is 37.3 Å². The molecule has 0 unspecified atom stereocenters. The molecule has 2 aromatic rings. The second kappa shape index (κ2) is 6.20. The molecule has 0 saturated heterocycles. The maximum atomic E-state index is 12.2. The molecular weight excluding hydrogens is 438 g/mol. The van der Waals surface area contributed by atoms with Gasteiger partial charge in [0, 0.05) is 19.1 Å². The first kappa shape index (κ1) is 14.8. The predicted octanol–water partition coefficient (Wildman–Crippen LogP) is 5.53. The van der Waals surface area contributed by atoms with E-state index in [4.69, 9.17) is 0 Å². The van der Waals surface area contributed by atoms with Crippen LogP contribution < -0.4 is 5.32 Å². The number of amides is 1. The fourth-order valence-corrected chi connectivity index (χ4v) is 3.07. The summed E-state index contributed by atoms with van der Waals surface area (Å²) in [6, 6.07) is 11.2. The Balaban J connectivity index is 2.23. The standard InChI is InChI=1S/C14H10Br3NO/c1-8-6-10(3-5-12(8)16)18-14(19)11-4-2-9(15)7-13(11)17/h2-7H,1H3,(H,18,19). The van der Waals surface area contributed by atoms with Crippen LogP contribution in [0.4, 0.5) is 5.69 Å². The molecule has 0 saturated carbocycles. The third-order valence-corrected chi connectivity index (χ3v) is 4.63. The molecule has 5 heteroatoms. The van der Waals surface area contributed by atoms with Crippen LogP contribution in [0.3, 0.4) is 0 Å². The maximum Gasteiger partial charge on any atom is 0.256 e. The zero-order chi connectivity index (χ0) is 14.0. The Bertz CT molecular complexity index is 641. The highest BCUT2D eigenvalue weighted by atomic mass is 79.9. The molecule has 0 fully saturated rings. The maximum absolute atomic E-state index is 12.2. The van der Waals surface area contributed by atoms with E-state index in [1.54, 1.807) is 6.07 Å². The van der Waals surface area contributed by atoms with E-state index < -0.39 is 0 Å². The van der Waals surface area contributed by atoms with Gasteiger partial charge in [-0.05, 0) is 64.8 Å². The summed E-state index contributed by atoms with van der Waals surface area (Å²) in [5, 5.41) is 2.88. The van der Waals surface area contributed by atoms with Gasteiger partial charge in [-0.15, -0.1) is 0 Å². The Morgan fingerprint density at radius 1 is 1.00 bits per heavy atom. The second-order valence-electron chi connectivity index (χ2n) is 4.04. The average molecular weight is 448 g/mol. The van der Waals surface area contributed by atoms with Gasteiger partial charge in [0.15, 0.2) is 0 Å². The zero-order valence-corrected chi connectivity index (χ0v) is 14.8. The molecule has 0 heterocycles. The summed E-state index contributed by atoms with van der Waals surface area (Å²) in [4.78, 5) is 12.2. The van der Waals surface area contributed by atoms with Crippen LogP contribution in [-0.2, 0) is 0 Å². The molecular formula is C14H10Br3NO. The minimum absolute atomic E-state index is 0.138. The normalized spacial score (nSPS) is 10.3. The molecule has 0 radical (unpaired) electrons. The van der Waals surface area contributed by atoms with Crippen molar-refractivity contribution < 1.29 is 4.79 Å². The van der Waals surface area contributed by atoms with Gasteiger partial charge in [-0.2, -0.15) is 0 Å². The molecule has 2 rings (SSSR count). The fraction of sp³-hybridized carbons (Fsp3) is 0.0714. The van der Waals surface area contributed by atoms with Gasteiger partial charge in [0.2, 0.25) is 0 Å². The van der Waals surface area contributed by atoms with Crippen molar-refractivity contribution in [1.82, 2.24) is 0 Å². The molecule has 19 heavy (non-hydrogen) atoms. The molecule has 1 N–H and O–H groups in total. The van der Waals surface area contributed by atoms with E-state index in [-0.39, 0.29) is 5.91 Å². The van der Waals surface area contributed by atoms with Crippen molar-refractivity contribution in [2.75, 3.05) is 5.32 Å². The first-order chi connectivity index (χ1) is 8.97. The Kier molecular flexibility index (Phi) is 4.81. The highest BCUT2D eigenvalue weighted by Gasteiger charge is 2.10. The lowest BCUT2D eigenvalue weighted by atomic mass is 10.2. The van der Waals surface area contributed by atoms with Crippen molar-refractivity contribution >= 4 is 59.4 Å². The number of carbonyl (C=O) groups excluding carboxylic acids is 1. The minimum atomic E-state index is -0.138. The van der Waals surface area contributed by atoms with Crippen LogP contribution in [0.25, 0.3) is 0 Å². The van der Waals surface area contributed by atoms with Gasteiger partial charge in [0.1, 0.15) is 0 Å². The van der Waals surface area contributed by atoms with Gasteiger partial charge in [-0.3, -0.25) is 4.79 Å². The van der Waals surface area contributed by atoms with Gasteiger partial charge >= 0.3 is 0 Å². The van der Waals surface area contributed by atoms with E-state index in [0.717, 1.165) is 24.7 Å². The van der Waals surface area contributed by atoms with Crippen molar-refractivity contribution in [3.05, 3.63) is 60.9 Å². The number of anilines is 1. The lowest BCUT2D eigenvalue weighted by molar-refractivity contribution is 0.102. The SMILES string of the molecule is Cc1cc(NC(=O)c2ccc(Br)cc2Br)ccc1Br. The number of hydrogen-bond donors (Lipinski definition) is 1. The summed E-state index contributed by atoms with van der Waals surface area (Å²) in [6.07, 6.45) is 0. The van der Waals surface area contributed by atoms with Crippen LogP contribution in [-0.4, -0.2) is 5.91 Å². The Labute approximate surface area is 137 Å². The van der Waals surface area contributed by atoms with Crippen LogP contribution in [0, 0.1) is 6.92 Å². The number of aryl methyl sites for hydroxylation is 1. The number of carbonyl (C=O) groups is 1. The van der Waals surface area contributed by atoms with Crippen LogP contribution >= 0.6 is 47.8 Å². The van der Waals surface area contributed by atoms with Crippen molar-refractivity contribution in [2.24, 2.45) is 0 Å². The van der Waals surface area contributed by atoms with Gasteiger partial charge in [-0.1, -0.05) is 31.9 Å². The average Bonchev–Trinajstić information content (AvgIpc) is 2.33. The Morgan fingerprint density at radius 2 is 1.74 bits per heavy atom. The van der Waals surface area contributed by atoms with Crippen molar-refractivity contribution in [1.29, 1.82) is 0 Å². The van der Waals surface area contributed by atoms with Crippen molar-refractivity contribution in [3.63, 3.8) is 0 Å². The van der Waals surface area contributed by atoms with Crippen molar-refractivity contribution in [2.45, 2.75) is 6.92 Å². The van der Waals surface area contributed by atoms with Gasteiger partial charge in [0.05, 0.1) is 5.56 Å². The smallest absolute Gasteiger partial charge is 0.256 e. The van der Waals surface area contributed by atoms with E-state index in [0.29, 0.717) is 5.56 Å². The third kappa shape index (κ3) is 3.68. The summed E-state index contributed by atoms with van der Waals surface area (Å²) in [7, 11) is 0. The molecule has 0 aromatic heterocycles. The molecule has 98 valence electrons. The Hall–Kier alpha value is -0.650. The van der Waals surface area contributed by atoms with Crippen LogP contribution in [0.5, 0.6) is 0 Å². The quantitative estimate of drug-likeness (QED) is 0.643. The van der Waals surface area contributed by atoms with E-state index in [9.17, 15) is 4.79 Å². The van der Waals surface area contributed by atoms with E-state index in [1.165, 1.54) is 0 Å². The van der Waals surface area contributed by atoms with E-state index >= 15 is 0 Å². The number of halogens is 3. The zero-order valence-electron chi connectivity index (χ0n) is 10.0. The number of nitrogens with one attached hydrogen (secondary N) is 1. The van der Waals surface area contributed by atoms with Crippen LogP contribution in [0.15, 0.2) is 49.8 Å². The third-order valence-electron chi connectivity index (χ3n) is 2.59. The molecule has 0 bridgehead atoms. The first-order valence-electron chi connectivity index (χ1n) is 5.50. The monoisotopic (exact) mass is 445 g/mol. The van der Waals surface area contributed by atoms with Crippen LogP contribution in [0.1, 0.15) is 15.9 Å². The molecule has 0 spiro atoms. The van der Waals surface area contributed by atoms with Gasteiger partial charge < -0.3 is 5.32 Å². The number of benzene rings is 2. The van der Waals surface area contributed by atoms with Crippen LogP contribution in [0.2, 0.25) is 0 Å². The van der Waals surface area contributed by atoms with Crippen molar-refractivity contribution in [3.8, 4) is 0 Å². The molecule has 0 aliphatic heterocycles. The summed E-state index contributed by atoms with van der Waals surface area (Å²) in [6.45, 7) is 1.98. The summed E-state index contributed by atoms with van der Waals surface area (Å²) in [5.41, 5.74) is 2.46. The molecule has 0 aliphatic carbocycles. The summed E-state index contributed by atoms with van der Waals surface area (Å²) >= 11 is 10.2. The highest BCUT2D eigenvalue weighted by molar-refractivity contribution is 9.11. The molecule has 2 nitrogen and oxygen atoms in total. The van der Waals surface area contributed by atoms with E-state index in [2.05, 4.69) is 53.1 Å². The highest BCUT2D eigenvalue weighted by Crippen LogP contribution is 2.24. The molecule has 1 amide bonds. The fourth-order valence-electron chi connectivity index (χ4n) is 1.59. The molecule has 0 aliphatic rings. The first-order valence-corrected chi connectivity index (χ1v) is 7.88. The largest absolute Gasteiger partial charge is 0.322 e. The van der Waals surface area contributed by atoms with Gasteiger partial charge in [-0.25, -0.2) is 0 Å². The predicted molar refractivity (Wildman–Crippen MR) is 88.7 cm³/mol. The second-order valence-corrected chi connectivity index (χ2v) is 6.67. The molecule has 2 aromatic carbocycles. The molecule has 0 atom stereocenters. The lowest BCUT2D eigenvalue weighted by Crippen LogP contribution is -2.12. The summed E-state index contributed by atoms with van der Waals surface area (Å²) in [5.74, 6) is -0.138. The summed E-state index contributed by atoms with van der Waals surface area (Å²) < 4.78 is 2.71. The lowest BCUT2D eigenvalue weighted by Gasteiger charge is -2.08. The van der Waals surface area contributed by atoms with Gasteiger partial charge in [0.25, 0.3) is 5.91 Å². The number of rotatable bonds is 2. The minimum Gasteiger partial charge on any atom is -0.322 e.